The normalized spacial score (nSPS) is 11.7. The molecule has 0 spiro atoms. The molecule has 26 heavy (non-hydrogen) atoms. The van der Waals surface area contributed by atoms with Gasteiger partial charge in [-0.25, -0.2) is 9.98 Å². The zero-order valence-electron chi connectivity index (χ0n) is 14.3. The van der Waals surface area contributed by atoms with Crippen LogP contribution in [-0.2, 0) is 6.18 Å². The van der Waals surface area contributed by atoms with Crippen molar-refractivity contribution in [1.82, 2.24) is 4.98 Å². The number of nitrogens with two attached hydrogens (primary N) is 1. The van der Waals surface area contributed by atoms with Crippen molar-refractivity contribution in [3.05, 3.63) is 53.2 Å². The van der Waals surface area contributed by atoms with Crippen LogP contribution < -0.4 is 15.8 Å². The van der Waals surface area contributed by atoms with E-state index < -0.39 is 17.6 Å². The second-order valence-corrected chi connectivity index (χ2v) is 5.39. The first-order valence-corrected chi connectivity index (χ1v) is 7.56. The predicted molar refractivity (Wildman–Crippen MR) is 106 cm³/mol. The molecule has 9 heteroatoms. The quantitative estimate of drug-likeness (QED) is 0.292. The summed E-state index contributed by atoms with van der Waals surface area (Å²) >= 11 is 0. The van der Waals surface area contributed by atoms with E-state index in [1.54, 1.807) is 0 Å². The van der Waals surface area contributed by atoms with Crippen LogP contribution in [0.25, 0.3) is 0 Å². The van der Waals surface area contributed by atoms with Crippen molar-refractivity contribution in [2.24, 2.45) is 10.7 Å². The van der Waals surface area contributed by atoms with Gasteiger partial charge in [0.25, 0.3) is 0 Å². The maximum Gasteiger partial charge on any atom is 0.421 e. The summed E-state index contributed by atoms with van der Waals surface area (Å²) in [5, 5.41) is 2.92. The number of anilines is 1. The van der Waals surface area contributed by atoms with Gasteiger partial charge in [0, 0.05) is 11.9 Å². The lowest BCUT2D eigenvalue weighted by Gasteiger charge is -2.12. The van der Waals surface area contributed by atoms with Crippen molar-refractivity contribution in [1.29, 1.82) is 0 Å². The summed E-state index contributed by atoms with van der Waals surface area (Å²) in [6.45, 7) is 4.00. The summed E-state index contributed by atoms with van der Waals surface area (Å²) in [6.07, 6.45) is -3.28. The third-order valence-electron chi connectivity index (χ3n) is 3.47. The zero-order chi connectivity index (χ0) is 18.4. The van der Waals surface area contributed by atoms with Crippen LogP contribution in [0, 0.1) is 13.8 Å². The number of guanidine groups is 1. The standard InChI is InChI=1S/C17H19F3N4O.HI/c1-11-5-6-13(10-12(11)2)24-16(21)23-8-9-25-15-14(17(18,19)20)4-3-7-22-15;/h3-7,10H,8-9H2,1-2H3,(H3,21,23,24);1H. The van der Waals surface area contributed by atoms with Gasteiger partial charge in [0.1, 0.15) is 12.2 Å². The molecule has 0 radical (unpaired) electrons. The first-order chi connectivity index (χ1) is 11.8. The van der Waals surface area contributed by atoms with Crippen molar-refractivity contribution in [3.63, 3.8) is 0 Å². The first-order valence-electron chi connectivity index (χ1n) is 7.56. The number of nitrogens with zero attached hydrogens (tertiary/aromatic N) is 2. The number of halogens is 4. The van der Waals surface area contributed by atoms with Crippen LogP contribution in [0.15, 0.2) is 41.5 Å². The number of aliphatic imine (C=N–C) groups is 1. The monoisotopic (exact) mass is 480 g/mol. The number of ether oxygens (including phenoxy) is 1. The van der Waals surface area contributed by atoms with Crippen molar-refractivity contribution < 1.29 is 17.9 Å². The number of hydrogen-bond acceptors (Lipinski definition) is 3. The highest BCUT2D eigenvalue weighted by atomic mass is 127. The van der Waals surface area contributed by atoms with Crippen LogP contribution in [0.1, 0.15) is 16.7 Å². The topological polar surface area (TPSA) is 72.5 Å². The highest BCUT2D eigenvalue weighted by molar-refractivity contribution is 14.0. The van der Waals surface area contributed by atoms with Crippen LogP contribution in [-0.4, -0.2) is 24.1 Å². The summed E-state index contributed by atoms with van der Waals surface area (Å²) in [5.41, 5.74) is 7.90. The van der Waals surface area contributed by atoms with Gasteiger partial charge in [-0.15, -0.1) is 24.0 Å². The van der Waals surface area contributed by atoms with E-state index >= 15 is 0 Å². The van der Waals surface area contributed by atoms with E-state index in [-0.39, 0.29) is 43.1 Å². The number of rotatable bonds is 5. The fraction of sp³-hybridized carbons (Fsp3) is 0.294. The number of aromatic nitrogens is 1. The number of aryl methyl sites for hydroxylation is 2. The summed E-state index contributed by atoms with van der Waals surface area (Å²) in [7, 11) is 0. The zero-order valence-corrected chi connectivity index (χ0v) is 16.6. The van der Waals surface area contributed by atoms with E-state index in [2.05, 4.69) is 15.3 Å². The van der Waals surface area contributed by atoms with Crippen molar-refractivity contribution in [2.75, 3.05) is 18.5 Å². The highest BCUT2D eigenvalue weighted by Crippen LogP contribution is 2.34. The predicted octanol–water partition coefficient (Wildman–Crippen LogP) is 4.14. The molecule has 0 bridgehead atoms. The number of alkyl halides is 3. The van der Waals surface area contributed by atoms with Crippen LogP contribution in [0.3, 0.4) is 0 Å². The molecule has 0 aliphatic carbocycles. The number of nitrogens with one attached hydrogen (secondary N) is 1. The van der Waals surface area contributed by atoms with E-state index in [0.717, 1.165) is 22.9 Å². The van der Waals surface area contributed by atoms with Gasteiger partial charge in [-0.3, -0.25) is 0 Å². The van der Waals surface area contributed by atoms with Gasteiger partial charge in [0.05, 0.1) is 6.54 Å². The Bertz CT molecular complexity index is 766. The lowest BCUT2D eigenvalue weighted by atomic mass is 10.1. The lowest BCUT2D eigenvalue weighted by molar-refractivity contribution is -0.139. The molecule has 1 aromatic carbocycles. The summed E-state index contributed by atoms with van der Waals surface area (Å²) in [6, 6.07) is 7.87. The van der Waals surface area contributed by atoms with E-state index in [4.69, 9.17) is 10.5 Å². The van der Waals surface area contributed by atoms with Crippen LogP contribution >= 0.6 is 24.0 Å². The lowest BCUT2D eigenvalue weighted by Crippen LogP contribution is -2.23. The average Bonchev–Trinajstić information content (AvgIpc) is 2.54. The molecule has 0 saturated carbocycles. The maximum absolute atomic E-state index is 12.8. The minimum atomic E-state index is -4.52. The molecular formula is C17H20F3IN4O. The molecule has 2 aromatic rings. The van der Waals surface area contributed by atoms with Gasteiger partial charge in [-0.2, -0.15) is 13.2 Å². The molecule has 0 aliphatic rings. The molecule has 0 saturated heterocycles. The van der Waals surface area contributed by atoms with Crippen molar-refractivity contribution >= 4 is 35.6 Å². The van der Waals surface area contributed by atoms with Crippen molar-refractivity contribution in [3.8, 4) is 5.88 Å². The molecular weight excluding hydrogens is 460 g/mol. The van der Waals surface area contributed by atoms with Gasteiger partial charge in [0.2, 0.25) is 5.88 Å². The van der Waals surface area contributed by atoms with Crippen LogP contribution in [0.2, 0.25) is 0 Å². The van der Waals surface area contributed by atoms with Gasteiger partial charge < -0.3 is 15.8 Å². The maximum atomic E-state index is 12.8. The highest BCUT2D eigenvalue weighted by Gasteiger charge is 2.34. The van der Waals surface area contributed by atoms with E-state index in [1.165, 1.54) is 12.3 Å². The molecule has 1 heterocycles. The number of benzene rings is 1. The minimum Gasteiger partial charge on any atom is -0.475 e. The molecule has 1 aromatic heterocycles. The number of hydrogen-bond donors (Lipinski definition) is 2. The van der Waals surface area contributed by atoms with Crippen molar-refractivity contribution in [2.45, 2.75) is 20.0 Å². The van der Waals surface area contributed by atoms with Gasteiger partial charge >= 0.3 is 6.18 Å². The average molecular weight is 480 g/mol. The summed E-state index contributed by atoms with van der Waals surface area (Å²) < 4.78 is 43.5. The molecule has 0 fully saturated rings. The third kappa shape index (κ3) is 6.36. The van der Waals surface area contributed by atoms with E-state index in [0.29, 0.717) is 0 Å². The molecule has 0 atom stereocenters. The van der Waals surface area contributed by atoms with Gasteiger partial charge in [0.15, 0.2) is 5.96 Å². The SMILES string of the molecule is Cc1ccc(NC(N)=NCCOc2ncccc2C(F)(F)F)cc1C.I. The minimum absolute atomic E-state index is 0. The molecule has 5 nitrogen and oxygen atoms in total. The largest absolute Gasteiger partial charge is 0.475 e. The van der Waals surface area contributed by atoms with Crippen LogP contribution in [0.5, 0.6) is 5.88 Å². The Labute approximate surface area is 166 Å². The second kappa shape index (κ2) is 9.60. The molecule has 0 aliphatic heterocycles. The smallest absolute Gasteiger partial charge is 0.421 e. The second-order valence-electron chi connectivity index (χ2n) is 5.39. The molecule has 0 unspecified atom stereocenters. The fourth-order valence-electron chi connectivity index (χ4n) is 2.04. The number of pyridine rings is 1. The Kier molecular flexibility index (Phi) is 8.12. The first kappa shape index (κ1) is 22.0. The van der Waals surface area contributed by atoms with Gasteiger partial charge in [-0.1, -0.05) is 6.07 Å². The Balaban J connectivity index is 0.00000338. The summed E-state index contributed by atoms with van der Waals surface area (Å²) in [5.74, 6) is -0.310. The Morgan fingerprint density at radius 1 is 1.23 bits per heavy atom. The third-order valence-corrected chi connectivity index (χ3v) is 3.47. The Hall–Kier alpha value is -2.04. The van der Waals surface area contributed by atoms with E-state index in [9.17, 15) is 13.2 Å². The van der Waals surface area contributed by atoms with Crippen LogP contribution in [0.4, 0.5) is 18.9 Å². The Morgan fingerprint density at radius 3 is 2.62 bits per heavy atom. The summed E-state index contributed by atoms with van der Waals surface area (Å²) in [4.78, 5) is 7.64. The molecule has 2 rings (SSSR count). The molecule has 3 N–H and O–H groups in total. The molecule has 142 valence electrons. The molecule has 0 amide bonds. The fourth-order valence-corrected chi connectivity index (χ4v) is 2.04. The van der Waals surface area contributed by atoms with Gasteiger partial charge in [-0.05, 0) is 49.2 Å². The van der Waals surface area contributed by atoms with E-state index in [1.807, 2.05) is 32.0 Å². The Morgan fingerprint density at radius 2 is 1.96 bits per heavy atom.